The number of imidazole rings is 1. The maximum absolute atomic E-state index is 9.80. The Morgan fingerprint density at radius 3 is 2.26 bits per heavy atom. The molecule has 5 heteroatoms. The molecule has 0 aliphatic heterocycles. The second kappa shape index (κ2) is 8.66. The number of aliphatic hydroxyl groups excluding tert-OH is 2. The third-order valence-electron chi connectivity index (χ3n) is 4.46. The Balaban J connectivity index is 1.75. The average molecular weight is 364 g/mol. The van der Waals surface area contributed by atoms with Crippen LogP contribution in [0.3, 0.4) is 0 Å². The molecule has 3 aromatic rings. The Morgan fingerprint density at radius 1 is 1.07 bits per heavy atom. The van der Waals surface area contributed by atoms with E-state index in [0.717, 1.165) is 22.4 Å². The zero-order valence-corrected chi connectivity index (χ0v) is 15.5. The first-order valence-electron chi connectivity index (χ1n) is 8.86. The van der Waals surface area contributed by atoms with Gasteiger partial charge in [0.15, 0.2) is 0 Å². The Bertz CT molecular complexity index is 881. The van der Waals surface area contributed by atoms with Crippen molar-refractivity contribution in [3.05, 3.63) is 78.4 Å². The third kappa shape index (κ3) is 4.45. The SMILES string of the molecule is COc1ccc(-c2ccc(/C=C/[C@@H](CO)n3ccnc3[C@H](C)O)cc2)cc1. The molecule has 1 aromatic heterocycles. The molecule has 0 bridgehead atoms. The first-order valence-corrected chi connectivity index (χ1v) is 8.86. The van der Waals surface area contributed by atoms with Gasteiger partial charge in [0.1, 0.15) is 17.7 Å². The van der Waals surface area contributed by atoms with E-state index < -0.39 is 6.10 Å². The van der Waals surface area contributed by atoms with E-state index in [1.165, 1.54) is 0 Å². The van der Waals surface area contributed by atoms with Gasteiger partial charge >= 0.3 is 0 Å². The molecular weight excluding hydrogens is 340 g/mol. The summed E-state index contributed by atoms with van der Waals surface area (Å²) in [6, 6.07) is 15.9. The standard InChI is InChI=1S/C22H24N2O3/c1-16(26)22-23-13-14-24(22)20(15-25)10-5-17-3-6-18(7-4-17)19-8-11-21(27-2)12-9-19/h3-14,16,20,25-26H,15H2,1-2H3/b10-5+/t16-,20-/m0/s1. The summed E-state index contributed by atoms with van der Waals surface area (Å²) in [4.78, 5) is 4.16. The number of aromatic nitrogens is 2. The van der Waals surface area contributed by atoms with Gasteiger partial charge in [0, 0.05) is 12.4 Å². The molecule has 3 rings (SSSR count). The van der Waals surface area contributed by atoms with Crippen LogP contribution in [0.15, 0.2) is 67.0 Å². The van der Waals surface area contributed by atoms with Crippen LogP contribution in [-0.2, 0) is 0 Å². The highest BCUT2D eigenvalue weighted by atomic mass is 16.5. The summed E-state index contributed by atoms with van der Waals surface area (Å²) in [6.07, 6.45) is 6.58. The topological polar surface area (TPSA) is 67.5 Å². The number of nitrogens with zero attached hydrogens (tertiary/aromatic N) is 2. The highest BCUT2D eigenvalue weighted by molar-refractivity contribution is 5.66. The van der Waals surface area contributed by atoms with Crippen LogP contribution in [0.1, 0.15) is 30.5 Å². The van der Waals surface area contributed by atoms with Crippen molar-refractivity contribution in [3.63, 3.8) is 0 Å². The van der Waals surface area contributed by atoms with Crippen LogP contribution < -0.4 is 4.74 Å². The number of benzene rings is 2. The van der Waals surface area contributed by atoms with Gasteiger partial charge in [0.05, 0.1) is 19.8 Å². The lowest BCUT2D eigenvalue weighted by atomic mass is 10.0. The molecule has 2 atom stereocenters. The molecule has 5 nitrogen and oxygen atoms in total. The van der Waals surface area contributed by atoms with E-state index in [9.17, 15) is 10.2 Å². The Morgan fingerprint density at radius 2 is 1.70 bits per heavy atom. The Hall–Kier alpha value is -2.89. The maximum Gasteiger partial charge on any atom is 0.137 e. The van der Waals surface area contributed by atoms with Crippen molar-refractivity contribution in [2.45, 2.75) is 19.1 Å². The van der Waals surface area contributed by atoms with E-state index in [2.05, 4.69) is 17.1 Å². The smallest absolute Gasteiger partial charge is 0.137 e. The van der Waals surface area contributed by atoms with Crippen molar-refractivity contribution in [2.75, 3.05) is 13.7 Å². The second-order valence-electron chi connectivity index (χ2n) is 6.33. The molecule has 0 aliphatic carbocycles. The van der Waals surface area contributed by atoms with Crippen LogP contribution in [0.25, 0.3) is 17.2 Å². The molecule has 0 amide bonds. The first kappa shape index (κ1) is 18.9. The predicted molar refractivity (Wildman–Crippen MR) is 106 cm³/mol. The van der Waals surface area contributed by atoms with Gasteiger partial charge in [0.25, 0.3) is 0 Å². The minimum absolute atomic E-state index is 0.0729. The van der Waals surface area contributed by atoms with Gasteiger partial charge in [-0.15, -0.1) is 0 Å². The van der Waals surface area contributed by atoms with Gasteiger partial charge in [-0.1, -0.05) is 48.6 Å². The molecule has 0 aliphatic rings. The molecule has 2 N–H and O–H groups in total. The largest absolute Gasteiger partial charge is 0.497 e. The van der Waals surface area contributed by atoms with Crippen molar-refractivity contribution in [2.24, 2.45) is 0 Å². The van der Waals surface area contributed by atoms with Gasteiger partial charge < -0.3 is 19.5 Å². The number of rotatable bonds is 7. The number of methoxy groups -OCH3 is 1. The average Bonchev–Trinajstić information content (AvgIpc) is 3.19. The van der Waals surface area contributed by atoms with Gasteiger partial charge in [-0.25, -0.2) is 4.98 Å². The minimum atomic E-state index is -0.689. The molecule has 2 aromatic carbocycles. The first-order chi connectivity index (χ1) is 13.1. The van der Waals surface area contributed by atoms with Crippen LogP contribution in [0.5, 0.6) is 5.75 Å². The van der Waals surface area contributed by atoms with E-state index in [-0.39, 0.29) is 12.6 Å². The van der Waals surface area contributed by atoms with Crippen LogP contribution >= 0.6 is 0 Å². The highest BCUT2D eigenvalue weighted by Gasteiger charge is 2.14. The molecule has 1 heterocycles. The minimum Gasteiger partial charge on any atom is -0.497 e. The fraction of sp³-hybridized carbons (Fsp3) is 0.227. The Kier molecular flexibility index (Phi) is 6.06. The molecule has 0 saturated heterocycles. The zero-order chi connectivity index (χ0) is 19.2. The summed E-state index contributed by atoms with van der Waals surface area (Å²) in [5.41, 5.74) is 3.28. The van der Waals surface area contributed by atoms with Crippen molar-refractivity contribution in [1.82, 2.24) is 9.55 Å². The summed E-state index contributed by atoms with van der Waals surface area (Å²) in [6.45, 7) is 1.59. The summed E-state index contributed by atoms with van der Waals surface area (Å²) in [7, 11) is 1.66. The molecule has 0 unspecified atom stereocenters. The maximum atomic E-state index is 9.80. The van der Waals surface area contributed by atoms with Crippen LogP contribution in [0.2, 0.25) is 0 Å². The fourth-order valence-electron chi connectivity index (χ4n) is 2.96. The number of hydrogen-bond acceptors (Lipinski definition) is 4. The van der Waals surface area contributed by atoms with E-state index in [0.29, 0.717) is 5.82 Å². The fourth-order valence-corrected chi connectivity index (χ4v) is 2.96. The summed E-state index contributed by atoms with van der Waals surface area (Å²) in [5.74, 6) is 1.37. The molecule has 0 spiro atoms. The Labute approximate surface area is 159 Å². The van der Waals surface area contributed by atoms with Gasteiger partial charge in [0.2, 0.25) is 0 Å². The lowest BCUT2D eigenvalue weighted by Crippen LogP contribution is -2.14. The zero-order valence-electron chi connectivity index (χ0n) is 15.5. The van der Waals surface area contributed by atoms with Crippen LogP contribution in [0.4, 0.5) is 0 Å². The quantitative estimate of drug-likeness (QED) is 0.668. The molecule has 0 saturated carbocycles. The van der Waals surface area contributed by atoms with Crippen molar-refractivity contribution in [3.8, 4) is 16.9 Å². The number of ether oxygens (including phenoxy) is 1. The normalized spacial score (nSPS) is 13.6. The van der Waals surface area contributed by atoms with Crippen molar-refractivity contribution < 1.29 is 14.9 Å². The van der Waals surface area contributed by atoms with Crippen LogP contribution in [-0.4, -0.2) is 33.5 Å². The van der Waals surface area contributed by atoms with Crippen LogP contribution in [0, 0.1) is 0 Å². The van der Waals surface area contributed by atoms with E-state index in [1.807, 2.05) is 48.6 Å². The predicted octanol–water partition coefficient (Wildman–Crippen LogP) is 3.86. The molecular formula is C22H24N2O3. The van der Waals surface area contributed by atoms with E-state index in [4.69, 9.17) is 4.74 Å². The molecule has 0 fully saturated rings. The summed E-state index contributed by atoms with van der Waals surface area (Å²) >= 11 is 0. The third-order valence-corrected chi connectivity index (χ3v) is 4.46. The lowest BCUT2D eigenvalue weighted by molar-refractivity contribution is 0.175. The number of hydrogen-bond donors (Lipinski definition) is 2. The number of aliphatic hydroxyl groups is 2. The summed E-state index contributed by atoms with van der Waals surface area (Å²) < 4.78 is 6.98. The molecule has 0 radical (unpaired) electrons. The van der Waals surface area contributed by atoms with Gasteiger partial charge in [-0.3, -0.25) is 0 Å². The van der Waals surface area contributed by atoms with E-state index in [1.54, 1.807) is 31.0 Å². The monoisotopic (exact) mass is 364 g/mol. The molecule has 27 heavy (non-hydrogen) atoms. The summed E-state index contributed by atoms with van der Waals surface area (Å²) in [5, 5.41) is 19.5. The van der Waals surface area contributed by atoms with Gasteiger partial charge in [-0.2, -0.15) is 0 Å². The van der Waals surface area contributed by atoms with E-state index >= 15 is 0 Å². The molecule has 140 valence electrons. The highest BCUT2D eigenvalue weighted by Crippen LogP contribution is 2.23. The lowest BCUT2D eigenvalue weighted by Gasteiger charge is -2.16. The van der Waals surface area contributed by atoms with Crippen molar-refractivity contribution in [1.29, 1.82) is 0 Å². The van der Waals surface area contributed by atoms with Crippen molar-refractivity contribution >= 4 is 6.08 Å². The van der Waals surface area contributed by atoms with Gasteiger partial charge in [-0.05, 0) is 35.7 Å². The second-order valence-corrected chi connectivity index (χ2v) is 6.33.